The van der Waals surface area contributed by atoms with Crippen LogP contribution in [0, 0.1) is 0 Å². The van der Waals surface area contributed by atoms with Gasteiger partial charge in [0.25, 0.3) is 5.91 Å². The predicted octanol–water partition coefficient (Wildman–Crippen LogP) is 1.29. The maximum atomic E-state index is 12.3. The van der Waals surface area contributed by atoms with Gasteiger partial charge in [-0.25, -0.2) is 0 Å². The number of hydrogen-bond acceptors (Lipinski definition) is 4. The maximum absolute atomic E-state index is 12.3. The van der Waals surface area contributed by atoms with Crippen molar-refractivity contribution in [3.05, 3.63) is 24.0 Å². The SMILES string of the molecule is CCCNc1ccncc1C(=O)NC(C)(C)CC(N)=O. The Labute approximate surface area is 119 Å². The van der Waals surface area contributed by atoms with Gasteiger partial charge in [-0.3, -0.25) is 14.6 Å². The molecule has 0 aliphatic heterocycles. The van der Waals surface area contributed by atoms with Crippen LogP contribution in [0.15, 0.2) is 18.5 Å². The number of carbonyl (C=O) groups is 2. The summed E-state index contributed by atoms with van der Waals surface area (Å²) in [5, 5.41) is 5.98. The van der Waals surface area contributed by atoms with Gasteiger partial charge in [0, 0.05) is 30.9 Å². The Hall–Kier alpha value is -2.11. The fraction of sp³-hybridized carbons (Fsp3) is 0.500. The fourth-order valence-corrected chi connectivity index (χ4v) is 1.84. The number of aromatic nitrogens is 1. The molecule has 110 valence electrons. The lowest BCUT2D eigenvalue weighted by Crippen LogP contribution is -2.46. The summed E-state index contributed by atoms with van der Waals surface area (Å²) >= 11 is 0. The minimum Gasteiger partial charge on any atom is -0.384 e. The van der Waals surface area contributed by atoms with E-state index in [9.17, 15) is 9.59 Å². The molecule has 1 aromatic heterocycles. The van der Waals surface area contributed by atoms with E-state index < -0.39 is 11.4 Å². The lowest BCUT2D eigenvalue weighted by molar-refractivity contribution is -0.119. The third-order valence-electron chi connectivity index (χ3n) is 2.70. The molecular weight excluding hydrogens is 256 g/mol. The Kier molecular flexibility index (Phi) is 5.49. The van der Waals surface area contributed by atoms with Gasteiger partial charge in [0.05, 0.1) is 11.3 Å². The lowest BCUT2D eigenvalue weighted by Gasteiger charge is -2.25. The second-order valence-electron chi connectivity index (χ2n) is 5.33. The predicted molar refractivity (Wildman–Crippen MR) is 78.4 cm³/mol. The van der Waals surface area contributed by atoms with Gasteiger partial charge in [-0.1, -0.05) is 6.92 Å². The molecule has 6 heteroatoms. The van der Waals surface area contributed by atoms with Crippen molar-refractivity contribution in [3.63, 3.8) is 0 Å². The largest absolute Gasteiger partial charge is 0.384 e. The average Bonchev–Trinajstić information content (AvgIpc) is 2.34. The molecule has 0 unspecified atom stereocenters. The number of hydrogen-bond donors (Lipinski definition) is 3. The molecule has 0 spiro atoms. The van der Waals surface area contributed by atoms with Gasteiger partial charge in [-0.2, -0.15) is 0 Å². The summed E-state index contributed by atoms with van der Waals surface area (Å²) in [4.78, 5) is 27.2. The molecule has 0 radical (unpaired) electrons. The highest BCUT2D eigenvalue weighted by molar-refractivity contribution is 5.99. The molecule has 1 rings (SSSR count). The second-order valence-corrected chi connectivity index (χ2v) is 5.33. The number of anilines is 1. The van der Waals surface area contributed by atoms with Crippen molar-refractivity contribution >= 4 is 17.5 Å². The van der Waals surface area contributed by atoms with E-state index in [1.54, 1.807) is 26.1 Å². The zero-order valence-electron chi connectivity index (χ0n) is 12.2. The highest BCUT2D eigenvalue weighted by atomic mass is 16.2. The van der Waals surface area contributed by atoms with E-state index >= 15 is 0 Å². The van der Waals surface area contributed by atoms with Crippen LogP contribution in [-0.2, 0) is 4.79 Å². The number of nitrogens with zero attached hydrogens (tertiary/aromatic N) is 1. The number of nitrogens with two attached hydrogens (primary N) is 1. The minimum atomic E-state index is -0.694. The first kappa shape index (κ1) is 15.9. The number of pyridine rings is 1. The van der Waals surface area contributed by atoms with E-state index in [4.69, 9.17) is 5.73 Å². The molecular formula is C14H22N4O2. The van der Waals surface area contributed by atoms with Gasteiger partial charge >= 0.3 is 0 Å². The number of amides is 2. The van der Waals surface area contributed by atoms with E-state index in [-0.39, 0.29) is 12.3 Å². The van der Waals surface area contributed by atoms with Crippen LogP contribution in [-0.4, -0.2) is 28.9 Å². The molecule has 2 amide bonds. The zero-order valence-corrected chi connectivity index (χ0v) is 12.2. The van der Waals surface area contributed by atoms with Crippen LogP contribution in [0.25, 0.3) is 0 Å². The molecule has 6 nitrogen and oxygen atoms in total. The number of carbonyl (C=O) groups excluding carboxylic acids is 2. The van der Waals surface area contributed by atoms with Crippen LogP contribution >= 0.6 is 0 Å². The van der Waals surface area contributed by atoms with Crippen molar-refractivity contribution in [2.45, 2.75) is 39.2 Å². The van der Waals surface area contributed by atoms with Crippen molar-refractivity contribution in [1.29, 1.82) is 0 Å². The first-order chi connectivity index (χ1) is 9.35. The Morgan fingerprint density at radius 1 is 1.40 bits per heavy atom. The summed E-state index contributed by atoms with van der Waals surface area (Å²) in [6, 6.07) is 1.76. The highest BCUT2D eigenvalue weighted by Gasteiger charge is 2.24. The third-order valence-corrected chi connectivity index (χ3v) is 2.70. The second kappa shape index (κ2) is 6.88. The van der Waals surface area contributed by atoms with Crippen LogP contribution in [0.2, 0.25) is 0 Å². The Bertz CT molecular complexity index is 486. The Balaban J connectivity index is 2.84. The van der Waals surface area contributed by atoms with E-state index in [1.165, 1.54) is 6.20 Å². The van der Waals surface area contributed by atoms with Crippen molar-refractivity contribution in [3.8, 4) is 0 Å². The summed E-state index contributed by atoms with van der Waals surface area (Å²) in [5.41, 5.74) is 5.67. The highest BCUT2D eigenvalue weighted by Crippen LogP contribution is 2.16. The number of primary amides is 1. The van der Waals surface area contributed by atoms with Crippen molar-refractivity contribution in [2.24, 2.45) is 5.73 Å². The van der Waals surface area contributed by atoms with Crippen molar-refractivity contribution < 1.29 is 9.59 Å². The van der Waals surface area contributed by atoms with Crippen LogP contribution in [0.3, 0.4) is 0 Å². The first-order valence-corrected chi connectivity index (χ1v) is 6.64. The van der Waals surface area contributed by atoms with Gasteiger partial charge in [-0.15, -0.1) is 0 Å². The van der Waals surface area contributed by atoms with E-state index in [1.807, 2.05) is 6.92 Å². The Morgan fingerprint density at radius 3 is 2.70 bits per heavy atom. The molecule has 0 aromatic carbocycles. The Morgan fingerprint density at radius 2 is 2.10 bits per heavy atom. The van der Waals surface area contributed by atoms with Gasteiger partial charge in [0.15, 0.2) is 0 Å². The van der Waals surface area contributed by atoms with Gasteiger partial charge in [0.2, 0.25) is 5.91 Å². The summed E-state index contributed by atoms with van der Waals surface area (Å²) < 4.78 is 0. The molecule has 4 N–H and O–H groups in total. The fourth-order valence-electron chi connectivity index (χ4n) is 1.84. The lowest BCUT2D eigenvalue weighted by atomic mass is 9.99. The molecule has 0 bridgehead atoms. The first-order valence-electron chi connectivity index (χ1n) is 6.64. The number of rotatable bonds is 7. The van der Waals surface area contributed by atoms with Gasteiger partial charge in [0.1, 0.15) is 0 Å². The van der Waals surface area contributed by atoms with Gasteiger partial charge < -0.3 is 16.4 Å². The van der Waals surface area contributed by atoms with E-state index in [0.717, 1.165) is 18.7 Å². The normalized spacial score (nSPS) is 10.9. The summed E-state index contributed by atoms with van der Waals surface area (Å²) in [6.07, 6.45) is 4.17. The summed E-state index contributed by atoms with van der Waals surface area (Å²) in [7, 11) is 0. The molecule has 0 aliphatic carbocycles. The van der Waals surface area contributed by atoms with Crippen molar-refractivity contribution in [2.75, 3.05) is 11.9 Å². The quantitative estimate of drug-likeness (QED) is 0.700. The van der Waals surface area contributed by atoms with Crippen LogP contribution in [0.4, 0.5) is 5.69 Å². The molecule has 0 saturated carbocycles. The van der Waals surface area contributed by atoms with Crippen molar-refractivity contribution in [1.82, 2.24) is 10.3 Å². The smallest absolute Gasteiger partial charge is 0.255 e. The molecule has 20 heavy (non-hydrogen) atoms. The van der Waals surface area contributed by atoms with E-state index in [2.05, 4.69) is 15.6 Å². The van der Waals surface area contributed by atoms with Gasteiger partial charge in [-0.05, 0) is 26.3 Å². The van der Waals surface area contributed by atoms with Crippen LogP contribution < -0.4 is 16.4 Å². The average molecular weight is 278 g/mol. The zero-order chi connectivity index (χ0) is 15.2. The monoisotopic (exact) mass is 278 g/mol. The molecule has 1 heterocycles. The topological polar surface area (TPSA) is 97.1 Å². The molecule has 0 atom stereocenters. The number of nitrogens with one attached hydrogen (secondary N) is 2. The minimum absolute atomic E-state index is 0.0801. The van der Waals surface area contributed by atoms with Crippen LogP contribution in [0.5, 0.6) is 0 Å². The molecule has 0 fully saturated rings. The van der Waals surface area contributed by atoms with E-state index in [0.29, 0.717) is 5.56 Å². The maximum Gasteiger partial charge on any atom is 0.255 e. The molecule has 0 aliphatic rings. The molecule has 0 saturated heterocycles. The third kappa shape index (κ3) is 4.87. The van der Waals surface area contributed by atoms with Crippen LogP contribution in [0.1, 0.15) is 44.0 Å². The summed E-state index contributed by atoms with van der Waals surface area (Å²) in [5.74, 6) is -0.728. The molecule has 1 aromatic rings. The summed E-state index contributed by atoms with van der Waals surface area (Å²) in [6.45, 7) is 6.33. The standard InChI is InChI=1S/C14H22N4O2/c1-4-6-17-11-5-7-16-9-10(11)13(20)18-14(2,3)8-12(15)19/h5,7,9H,4,6,8H2,1-3H3,(H2,15,19)(H,16,17)(H,18,20).